The van der Waals surface area contributed by atoms with Gasteiger partial charge in [0.25, 0.3) is 5.69 Å². The van der Waals surface area contributed by atoms with Gasteiger partial charge in [-0.25, -0.2) is 5.84 Å². The van der Waals surface area contributed by atoms with E-state index in [1.165, 1.54) is 23.9 Å². The molecule has 0 unspecified atom stereocenters. The number of nitrogens with zero attached hydrogens (tertiary/aromatic N) is 1. The number of non-ortho nitro benzene ring substituents is 1. The van der Waals surface area contributed by atoms with Gasteiger partial charge in [0.05, 0.1) is 4.92 Å². The summed E-state index contributed by atoms with van der Waals surface area (Å²) in [7, 11) is 0. The Kier molecular flexibility index (Phi) is 4.74. The van der Waals surface area contributed by atoms with Gasteiger partial charge in [0, 0.05) is 29.2 Å². The molecule has 0 radical (unpaired) electrons. The molecule has 1 aromatic carbocycles. The van der Waals surface area contributed by atoms with E-state index in [9.17, 15) is 14.9 Å². The molecule has 0 saturated heterocycles. The molecule has 0 aliphatic heterocycles. The molecule has 6 nitrogen and oxygen atoms in total. The summed E-state index contributed by atoms with van der Waals surface area (Å²) >= 11 is 1.45. The quantitative estimate of drug-likeness (QED) is 0.264. The Hall–Kier alpha value is -1.60. The van der Waals surface area contributed by atoms with Crippen LogP contribution in [0.1, 0.15) is 6.42 Å². The minimum atomic E-state index is -0.448. The monoisotopic (exact) mass is 241 g/mol. The van der Waals surface area contributed by atoms with Crippen molar-refractivity contribution in [1.82, 2.24) is 5.43 Å². The summed E-state index contributed by atoms with van der Waals surface area (Å²) in [6.45, 7) is 0. The Morgan fingerprint density at radius 3 is 2.56 bits per heavy atom. The minimum absolute atomic E-state index is 0.0593. The van der Waals surface area contributed by atoms with Crippen molar-refractivity contribution < 1.29 is 9.72 Å². The number of nitrogens with two attached hydrogens (primary N) is 1. The first-order valence-corrected chi connectivity index (χ1v) is 5.48. The van der Waals surface area contributed by atoms with E-state index in [4.69, 9.17) is 5.84 Å². The Balaban J connectivity index is 2.43. The standard InChI is InChI=1S/C9H11N3O3S/c10-11-9(13)5-6-16-8-3-1-7(2-4-8)12(14)15/h1-4H,5-6,10H2,(H,11,13). The highest BCUT2D eigenvalue weighted by Gasteiger charge is 2.04. The maximum atomic E-state index is 10.8. The summed E-state index contributed by atoms with van der Waals surface area (Å²) in [5.41, 5.74) is 2.09. The van der Waals surface area contributed by atoms with E-state index in [0.29, 0.717) is 12.2 Å². The number of benzene rings is 1. The number of thioether (sulfide) groups is 1. The van der Waals surface area contributed by atoms with Gasteiger partial charge in [-0.3, -0.25) is 20.3 Å². The lowest BCUT2D eigenvalue weighted by Gasteiger charge is -2.00. The lowest BCUT2D eigenvalue weighted by atomic mass is 10.3. The fourth-order valence-electron chi connectivity index (χ4n) is 0.998. The molecule has 86 valence electrons. The average molecular weight is 241 g/mol. The Morgan fingerprint density at radius 1 is 1.44 bits per heavy atom. The van der Waals surface area contributed by atoms with Gasteiger partial charge in [0.15, 0.2) is 0 Å². The third-order valence-electron chi connectivity index (χ3n) is 1.81. The number of carbonyl (C=O) groups excluding carboxylic acids is 1. The fraction of sp³-hybridized carbons (Fsp3) is 0.222. The van der Waals surface area contributed by atoms with Crippen molar-refractivity contribution in [2.45, 2.75) is 11.3 Å². The second-order valence-corrected chi connectivity index (χ2v) is 4.09. The van der Waals surface area contributed by atoms with E-state index in [2.05, 4.69) is 0 Å². The van der Waals surface area contributed by atoms with Gasteiger partial charge >= 0.3 is 0 Å². The molecule has 0 saturated carbocycles. The molecule has 3 N–H and O–H groups in total. The second-order valence-electron chi connectivity index (χ2n) is 2.92. The normalized spacial score (nSPS) is 9.81. The lowest BCUT2D eigenvalue weighted by molar-refractivity contribution is -0.384. The predicted octanol–water partition coefficient (Wildman–Crippen LogP) is 1.07. The molecule has 1 aromatic rings. The van der Waals surface area contributed by atoms with Crippen LogP contribution in [-0.4, -0.2) is 16.6 Å². The summed E-state index contributed by atoms with van der Waals surface area (Å²) in [4.78, 5) is 21.6. The van der Waals surface area contributed by atoms with Crippen LogP contribution in [-0.2, 0) is 4.79 Å². The van der Waals surface area contributed by atoms with Crippen molar-refractivity contribution in [2.75, 3.05) is 5.75 Å². The van der Waals surface area contributed by atoms with Crippen LogP contribution in [0, 0.1) is 10.1 Å². The molecule has 0 aliphatic rings. The summed E-state index contributed by atoms with van der Waals surface area (Å²) in [6.07, 6.45) is 0.318. The molecule has 0 fully saturated rings. The van der Waals surface area contributed by atoms with Gasteiger partial charge in [-0.1, -0.05) is 0 Å². The minimum Gasteiger partial charge on any atom is -0.294 e. The van der Waals surface area contributed by atoms with Crippen molar-refractivity contribution in [3.05, 3.63) is 34.4 Å². The topological polar surface area (TPSA) is 98.3 Å². The van der Waals surface area contributed by atoms with Gasteiger partial charge in [0.1, 0.15) is 0 Å². The maximum Gasteiger partial charge on any atom is 0.269 e. The van der Waals surface area contributed by atoms with Crippen LogP contribution in [0.5, 0.6) is 0 Å². The number of hydrogen-bond acceptors (Lipinski definition) is 5. The summed E-state index contributed by atoms with van der Waals surface area (Å²) < 4.78 is 0. The number of nitrogens with one attached hydrogen (secondary N) is 1. The molecular weight excluding hydrogens is 230 g/mol. The van der Waals surface area contributed by atoms with Crippen LogP contribution in [0.4, 0.5) is 5.69 Å². The predicted molar refractivity (Wildman–Crippen MR) is 60.8 cm³/mol. The van der Waals surface area contributed by atoms with Crippen molar-refractivity contribution in [2.24, 2.45) is 5.84 Å². The van der Waals surface area contributed by atoms with Gasteiger partial charge < -0.3 is 0 Å². The largest absolute Gasteiger partial charge is 0.294 e. The molecule has 0 bridgehead atoms. The summed E-state index contributed by atoms with van der Waals surface area (Å²) in [5.74, 6) is 5.28. The molecular formula is C9H11N3O3S. The number of nitro groups is 1. The first-order valence-electron chi connectivity index (χ1n) is 4.50. The number of rotatable bonds is 5. The van der Waals surface area contributed by atoms with Crippen LogP contribution in [0.3, 0.4) is 0 Å². The molecule has 0 aromatic heterocycles. The van der Waals surface area contributed by atoms with Crippen LogP contribution in [0.25, 0.3) is 0 Å². The Morgan fingerprint density at radius 2 is 2.06 bits per heavy atom. The van der Waals surface area contributed by atoms with E-state index >= 15 is 0 Å². The number of hydrogen-bond donors (Lipinski definition) is 2. The summed E-state index contributed by atoms with van der Waals surface area (Å²) in [5, 5.41) is 10.4. The number of hydrazine groups is 1. The van der Waals surface area contributed by atoms with Crippen LogP contribution in [0.15, 0.2) is 29.2 Å². The zero-order valence-electron chi connectivity index (χ0n) is 8.38. The van der Waals surface area contributed by atoms with Gasteiger partial charge in [0.2, 0.25) is 5.91 Å². The SMILES string of the molecule is NNC(=O)CCSc1ccc([N+](=O)[O-])cc1. The fourth-order valence-corrected chi connectivity index (χ4v) is 1.85. The molecule has 0 atom stereocenters. The first-order chi connectivity index (χ1) is 7.63. The van der Waals surface area contributed by atoms with E-state index in [-0.39, 0.29) is 11.6 Å². The maximum absolute atomic E-state index is 10.8. The highest BCUT2D eigenvalue weighted by molar-refractivity contribution is 7.99. The first kappa shape index (κ1) is 12.5. The molecule has 0 aliphatic carbocycles. The van der Waals surface area contributed by atoms with Crippen molar-refractivity contribution in [1.29, 1.82) is 0 Å². The van der Waals surface area contributed by atoms with E-state index in [1.807, 2.05) is 5.43 Å². The van der Waals surface area contributed by atoms with Crippen molar-refractivity contribution in [3.8, 4) is 0 Å². The van der Waals surface area contributed by atoms with Crippen LogP contribution in [0.2, 0.25) is 0 Å². The highest BCUT2D eigenvalue weighted by atomic mass is 32.2. The lowest BCUT2D eigenvalue weighted by Crippen LogP contribution is -2.30. The number of nitro benzene ring substituents is 1. The van der Waals surface area contributed by atoms with Crippen LogP contribution >= 0.6 is 11.8 Å². The van der Waals surface area contributed by atoms with E-state index in [1.54, 1.807) is 12.1 Å². The number of carbonyl (C=O) groups is 1. The zero-order valence-corrected chi connectivity index (χ0v) is 9.20. The molecule has 1 rings (SSSR count). The van der Waals surface area contributed by atoms with E-state index in [0.717, 1.165) is 4.90 Å². The smallest absolute Gasteiger partial charge is 0.269 e. The summed E-state index contributed by atoms with van der Waals surface area (Å²) in [6, 6.07) is 6.18. The molecule has 16 heavy (non-hydrogen) atoms. The van der Waals surface area contributed by atoms with Crippen molar-refractivity contribution >= 4 is 23.4 Å². The van der Waals surface area contributed by atoms with Crippen LogP contribution < -0.4 is 11.3 Å². The third kappa shape index (κ3) is 3.87. The average Bonchev–Trinajstić information content (AvgIpc) is 2.29. The third-order valence-corrected chi connectivity index (χ3v) is 2.82. The Bertz CT molecular complexity index is 380. The van der Waals surface area contributed by atoms with Crippen molar-refractivity contribution in [3.63, 3.8) is 0 Å². The van der Waals surface area contributed by atoms with Gasteiger partial charge in [-0.15, -0.1) is 11.8 Å². The highest BCUT2D eigenvalue weighted by Crippen LogP contribution is 2.21. The zero-order chi connectivity index (χ0) is 12.0. The Labute approximate surface area is 96.3 Å². The molecule has 0 heterocycles. The van der Waals surface area contributed by atoms with E-state index < -0.39 is 4.92 Å². The second kappa shape index (κ2) is 6.09. The van der Waals surface area contributed by atoms with Gasteiger partial charge in [-0.2, -0.15) is 0 Å². The van der Waals surface area contributed by atoms with Gasteiger partial charge in [-0.05, 0) is 12.1 Å². The molecule has 7 heteroatoms. The molecule has 0 spiro atoms. The number of amides is 1. The molecule has 1 amide bonds.